The van der Waals surface area contributed by atoms with E-state index in [9.17, 15) is 4.79 Å². The Morgan fingerprint density at radius 2 is 1.61 bits per heavy atom. The molecule has 8 bridgehead atoms. The number of carbonyl (C=O) groups is 1. The molecule has 3 aromatic rings. The van der Waals surface area contributed by atoms with Crippen LogP contribution in [0.15, 0.2) is 59.2 Å². The Labute approximate surface area is 220 Å². The lowest BCUT2D eigenvalue weighted by Crippen LogP contribution is -2.49. The lowest BCUT2D eigenvalue weighted by atomic mass is 10.1. The van der Waals surface area contributed by atoms with Gasteiger partial charge in [0.15, 0.2) is 0 Å². The molecule has 5 aliphatic rings. The van der Waals surface area contributed by atoms with E-state index >= 15 is 0 Å². The van der Waals surface area contributed by atoms with Crippen molar-refractivity contribution >= 4 is 33.5 Å². The quantitative estimate of drug-likeness (QED) is 0.445. The molecular weight excluding hydrogens is 518 g/mol. The fourth-order valence-electron chi connectivity index (χ4n) is 4.70. The molecule has 0 saturated carbocycles. The summed E-state index contributed by atoms with van der Waals surface area (Å²) >= 11 is 3.66. The van der Waals surface area contributed by atoms with Gasteiger partial charge in [-0.25, -0.2) is 9.97 Å². The predicted octanol–water partition coefficient (Wildman–Crippen LogP) is 3.33. The molecule has 0 atom stereocenters. The van der Waals surface area contributed by atoms with Crippen LogP contribution in [-0.2, 0) is 17.9 Å². The highest BCUT2D eigenvalue weighted by atomic mass is 79.9. The van der Waals surface area contributed by atoms with Crippen LogP contribution in [0.25, 0.3) is 11.3 Å². The minimum Gasteiger partial charge on any atom is -0.354 e. The van der Waals surface area contributed by atoms with Crippen LogP contribution >= 0.6 is 15.9 Å². The average molecular weight is 551 g/mol. The summed E-state index contributed by atoms with van der Waals surface area (Å²) in [6.07, 6.45) is 1.79. The molecular formula is C27H32BrN7O. The first-order valence-electron chi connectivity index (χ1n) is 12.4. The Balaban J connectivity index is 1.39. The van der Waals surface area contributed by atoms with Crippen LogP contribution in [-0.4, -0.2) is 83.4 Å². The van der Waals surface area contributed by atoms with E-state index in [1.54, 1.807) is 6.20 Å². The van der Waals surface area contributed by atoms with Gasteiger partial charge >= 0.3 is 0 Å². The number of likely N-dealkylation sites (N-methyl/N-ethyl adjacent to an activating group) is 1. The fourth-order valence-corrected chi connectivity index (χ4v) is 5.24. The van der Waals surface area contributed by atoms with Crippen LogP contribution in [0, 0.1) is 0 Å². The molecule has 0 unspecified atom stereocenters. The molecule has 0 radical (unpaired) electrons. The van der Waals surface area contributed by atoms with Gasteiger partial charge in [-0.2, -0.15) is 0 Å². The number of hydrogen-bond donors (Lipinski definition) is 2. The van der Waals surface area contributed by atoms with Gasteiger partial charge in [-0.3, -0.25) is 14.6 Å². The molecule has 0 spiro atoms. The molecule has 5 aliphatic heterocycles. The zero-order chi connectivity index (χ0) is 24.9. The number of nitrogens with zero attached hydrogens (tertiary/aromatic N) is 5. The number of benzene rings is 2. The van der Waals surface area contributed by atoms with Crippen molar-refractivity contribution in [1.82, 2.24) is 30.0 Å². The van der Waals surface area contributed by atoms with Gasteiger partial charge in [0.1, 0.15) is 0 Å². The van der Waals surface area contributed by atoms with Crippen LogP contribution in [0.2, 0.25) is 0 Å². The average Bonchev–Trinajstić information content (AvgIpc) is 2.85. The molecule has 1 amide bonds. The predicted molar refractivity (Wildman–Crippen MR) is 146 cm³/mol. The largest absolute Gasteiger partial charge is 0.354 e. The Hall–Kier alpha value is -2.85. The summed E-state index contributed by atoms with van der Waals surface area (Å²) in [6, 6.07) is 16.8. The number of rotatable bonds is 0. The van der Waals surface area contributed by atoms with Gasteiger partial charge in [-0.15, -0.1) is 0 Å². The van der Waals surface area contributed by atoms with E-state index in [1.807, 2.05) is 12.1 Å². The number of carbonyl (C=O) groups excluding carboxylic acids is 1. The minimum absolute atomic E-state index is 0.102. The summed E-state index contributed by atoms with van der Waals surface area (Å²) < 4.78 is 1.01. The van der Waals surface area contributed by atoms with E-state index < -0.39 is 0 Å². The van der Waals surface area contributed by atoms with E-state index in [0.717, 1.165) is 67.2 Å². The Morgan fingerprint density at radius 1 is 0.861 bits per heavy atom. The van der Waals surface area contributed by atoms with Gasteiger partial charge in [0.05, 0.1) is 12.2 Å². The molecule has 1 saturated heterocycles. The first-order chi connectivity index (χ1) is 17.5. The third-order valence-corrected chi connectivity index (χ3v) is 7.08. The number of halogens is 1. The van der Waals surface area contributed by atoms with Crippen LogP contribution in [0.5, 0.6) is 0 Å². The highest BCUT2D eigenvalue weighted by molar-refractivity contribution is 9.10. The molecule has 8 rings (SSSR count). The second-order valence-corrected chi connectivity index (χ2v) is 10.5. The number of amides is 1. The summed E-state index contributed by atoms with van der Waals surface area (Å²) in [5.74, 6) is 0.676. The highest BCUT2D eigenvalue weighted by Gasteiger charge is 2.19. The van der Waals surface area contributed by atoms with Crippen molar-refractivity contribution in [2.24, 2.45) is 0 Å². The van der Waals surface area contributed by atoms with Gasteiger partial charge in [0.25, 0.3) is 0 Å². The molecule has 188 valence electrons. The molecule has 1 aromatic heterocycles. The zero-order valence-electron chi connectivity index (χ0n) is 20.6. The normalized spacial score (nSPS) is 21.6. The van der Waals surface area contributed by atoms with Crippen molar-refractivity contribution in [1.29, 1.82) is 0 Å². The van der Waals surface area contributed by atoms with Gasteiger partial charge < -0.3 is 15.5 Å². The molecule has 0 aliphatic carbocycles. The maximum atomic E-state index is 12.5. The number of hydrogen-bond acceptors (Lipinski definition) is 7. The third-order valence-electron chi connectivity index (χ3n) is 6.63. The van der Waals surface area contributed by atoms with Crippen molar-refractivity contribution in [3.05, 3.63) is 70.3 Å². The fraction of sp³-hybridized carbons (Fsp3) is 0.370. The standard InChI is InChI=1S/C27H32BrN7O/c1-33-9-8-29-26(36)19-35-12-10-34(11-13-35)18-21-14-23(28)16-24(15-21)31-27-30-7-6-25(32-27)22-4-2-20(17-33)3-5-22/h2-7,14-16H,8-13,17-19H2,1H3,(H,29,36)(H,30,31,32). The van der Waals surface area contributed by atoms with Gasteiger partial charge in [0, 0.05) is 74.3 Å². The van der Waals surface area contributed by atoms with Crippen LogP contribution < -0.4 is 10.6 Å². The van der Waals surface area contributed by atoms with Gasteiger partial charge in [0.2, 0.25) is 11.9 Å². The number of piperazine rings is 1. The summed E-state index contributed by atoms with van der Waals surface area (Å²) in [5.41, 5.74) is 5.31. The second kappa shape index (κ2) is 11.5. The van der Waals surface area contributed by atoms with Gasteiger partial charge in [-0.1, -0.05) is 40.2 Å². The van der Waals surface area contributed by atoms with E-state index in [0.29, 0.717) is 19.0 Å². The first kappa shape index (κ1) is 24.8. The third kappa shape index (κ3) is 6.67. The maximum Gasteiger partial charge on any atom is 0.234 e. The summed E-state index contributed by atoms with van der Waals surface area (Å²) in [7, 11) is 2.08. The van der Waals surface area contributed by atoms with E-state index in [1.165, 1.54) is 11.1 Å². The second-order valence-electron chi connectivity index (χ2n) is 9.58. The van der Waals surface area contributed by atoms with Crippen molar-refractivity contribution in [2.75, 3.05) is 58.2 Å². The molecule has 8 nitrogen and oxygen atoms in total. The van der Waals surface area contributed by atoms with Crippen molar-refractivity contribution in [3.8, 4) is 11.3 Å². The molecule has 36 heavy (non-hydrogen) atoms. The number of anilines is 2. The van der Waals surface area contributed by atoms with E-state index in [4.69, 9.17) is 4.98 Å². The Morgan fingerprint density at radius 3 is 2.39 bits per heavy atom. The maximum absolute atomic E-state index is 12.5. The highest BCUT2D eigenvalue weighted by Crippen LogP contribution is 2.25. The molecule has 1 fully saturated rings. The van der Waals surface area contributed by atoms with E-state index in [-0.39, 0.29) is 5.91 Å². The monoisotopic (exact) mass is 549 g/mol. The van der Waals surface area contributed by atoms with E-state index in [2.05, 4.69) is 89.7 Å². The summed E-state index contributed by atoms with van der Waals surface area (Å²) in [5, 5.41) is 6.47. The lowest BCUT2D eigenvalue weighted by Gasteiger charge is -2.34. The summed E-state index contributed by atoms with van der Waals surface area (Å²) in [4.78, 5) is 28.6. The zero-order valence-corrected chi connectivity index (χ0v) is 22.2. The minimum atomic E-state index is 0.102. The Kier molecular flexibility index (Phi) is 7.91. The topological polar surface area (TPSA) is 76.6 Å². The summed E-state index contributed by atoms with van der Waals surface area (Å²) in [6.45, 7) is 7.24. The smallest absolute Gasteiger partial charge is 0.234 e. The van der Waals surface area contributed by atoms with Crippen molar-refractivity contribution < 1.29 is 4.79 Å². The van der Waals surface area contributed by atoms with Crippen LogP contribution in [0.3, 0.4) is 0 Å². The van der Waals surface area contributed by atoms with Crippen molar-refractivity contribution in [2.45, 2.75) is 13.1 Å². The number of nitrogens with one attached hydrogen (secondary N) is 2. The van der Waals surface area contributed by atoms with Crippen LogP contribution in [0.1, 0.15) is 11.1 Å². The molecule has 2 N–H and O–H groups in total. The molecule has 2 aromatic carbocycles. The Bertz CT molecular complexity index is 1190. The van der Waals surface area contributed by atoms with Gasteiger partial charge in [-0.05, 0) is 42.4 Å². The number of aromatic nitrogens is 2. The SMILES string of the molecule is CN1CCNC(=O)CN2CCN(CC2)Cc2cc(Br)cc(c2)Nc2nccc(n2)-c2ccc(cc2)C1. The molecule has 6 heterocycles. The lowest BCUT2D eigenvalue weighted by molar-refractivity contribution is -0.122. The molecule has 9 heteroatoms. The van der Waals surface area contributed by atoms with Crippen molar-refractivity contribution in [3.63, 3.8) is 0 Å². The van der Waals surface area contributed by atoms with Crippen LogP contribution in [0.4, 0.5) is 11.6 Å². The first-order valence-corrected chi connectivity index (χ1v) is 13.2.